The van der Waals surface area contributed by atoms with Gasteiger partial charge in [0.2, 0.25) is 0 Å². The third kappa shape index (κ3) is 1.83. The maximum atomic E-state index is 3.60. The highest BCUT2D eigenvalue weighted by atomic mass is 14.9. The average Bonchev–Trinajstić information content (AvgIpc) is 2.95. The van der Waals surface area contributed by atoms with Gasteiger partial charge in [-0.1, -0.05) is 44.2 Å². The predicted octanol–water partition coefficient (Wildman–Crippen LogP) is 3.14. The first kappa shape index (κ1) is 9.72. The van der Waals surface area contributed by atoms with Gasteiger partial charge in [-0.2, -0.15) is 0 Å². The Morgan fingerprint density at radius 2 is 1.93 bits per heavy atom. The summed E-state index contributed by atoms with van der Waals surface area (Å²) in [4.78, 5) is 0. The molecule has 0 aliphatic heterocycles. The highest BCUT2D eigenvalue weighted by Gasteiger charge is 2.44. The lowest BCUT2D eigenvalue weighted by Crippen LogP contribution is -2.27. The van der Waals surface area contributed by atoms with E-state index >= 15 is 0 Å². The van der Waals surface area contributed by atoms with Crippen molar-refractivity contribution in [3.05, 3.63) is 35.9 Å². The van der Waals surface area contributed by atoms with Crippen LogP contribution in [0.1, 0.15) is 38.3 Å². The minimum Gasteiger partial charge on any atom is -0.310 e. The molecule has 0 saturated heterocycles. The molecule has 1 fully saturated rings. The van der Waals surface area contributed by atoms with Gasteiger partial charge in [0.15, 0.2) is 0 Å². The second-order valence-corrected chi connectivity index (χ2v) is 4.56. The van der Waals surface area contributed by atoms with E-state index < -0.39 is 0 Å². The van der Waals surface area contributed by atoms with Crippen LogP contribution in [0.15, 0.2) is 30.3 Å². The Balaban J connectivity index is 2.19. The third-order valence-electron chi connectivity index (χ3n) is 3.28. The van der Waals surface area contributed by atoms with Crippen LogP contribution < -0.4 is 5.32 Å². The standard InChI is InChI=1S/C13H19N/c1-3-14-12(13(2)9-10-13)11-7-5-4-6-8-11/h4-8,12,14H,3,9-10H2,1-2H3. The van der Waals surface area contributed by atoms with Crippen LogP contribution in [0.5, 0.6) is 0 Å². The summed E-state index contributed by atoms with van der Waals surface area (Å²) in [5.41, 5.74) is 1.95. The molecule has 0 heterocycles. The average molecular weight is 189 g/mol. The van der Waals surface area contributed by atoms with Gasteiger partial charge in [0.25, 0.3) is 0 Å². The van der Waals surface area contributed by atoms with Gasteiger partial charge in [0.05, 0.1) is 0 Å². The molecular weight excluding hydrogens is 170 g/mol. The Bertz CT molecular complexity index is 287. The van der Waals surface area contributed by atoms with Crippen molar-refractivity contribution in [1.29, 1.82) is 0 Å². The van der Waals surface area contributed by atoms with Crippen LogP contribution in [0.3, 0.4) is 0 Å². The van der Waals surface area contributed by atoms with Crippen molar-refractivity contribution in [3.8, 4) is 0 Å². The van der Waals surface area contributed by atoms with Crippen LogP contribution >= 0.6 is 0 Å². The van der Waals surface area contributed by atoms with Crippen LogP contribution in [-0.2, 0) is 0 Å². The zero-order chi connectivity index (χ0) is 10.0. The lowest BCUT2D eigenvalue weighted by atomic mass is 9.92. The minimum atomic E-state index is 0.511. The molecule has 1 aliphatic carbocycles. The summed E-state index contributed by atoms with van der Waals surface area (Å²) in [6.45, 7) is 5.62. The van der Waals surface area contributed by atoms with Gasteiger partial charge >= 0.3 is 0 Å². The third-order valence-corrected chi connectivity index (χ3v) is 3.28. The van der Waals surface area contributed by atoms with Crippen molar-refractivity contribution in [2.24, 2.45) is 5.41 Å². The van der Waals surface area contributed by atoms with E-state index in [2.05, 4.69) is 49.5 Å². The number of hydrogen-bond acceptors (Lipinski definition) is 1. The molecule has 0 radical (unpaired) electrons. The molecule has 0 bridgehead atoms. The number of rotatable bonds is 4. The maximum absolute atomic E-state index is 3.60. The van der Waals surface area contributed by atoms with E-state index in [4.69, 9.17) is 0 Å². The fraction of sp³-hybridized carbons (Fsp3) is 0.538. The van der Waals surface area contributed by atoms with E-state index in [9.17, 15) is 0 Å². The quantitative estimate of drug-likeness (QED) is 0.767. The largest absolute Gasteiger partial charge is 0.310 e. The molecule has 1 aliphatic rings. The molecule has 1 saturated carbocycles. The van der Waals surface area contributed by atoms with E-state index in [1.54, 1.807) is 0 Å². The molecular formula is C13H19N. The second-order valence-electron chi connectivity index (χ2n) is 4.56. The SMILES string of the molecule is CCNC(c1ccccc1)C1(C)CC1. The zero-order valence-electron chi connectivity index (χ0n) is 9.09. The maximum Gasteiger partial charge on any atom is 0.0374 e. The molecule has 0 spiro atoms. The van der Waals surface area contributed by atoms with Gasteiger partial charge in [0, 0.05) is 6.04 Å². The van der Waals surface area contributed by atoms with Crippen molar-refractivity contribution < 1.29 is 0 Å². The molecule has 2 rings (SSSR count). The van der Waals surface area contributed by atoms with Gasteiger partial charge in [-0.25, -0.2) is 0 Å². The first-order valence-corrected chi connectivity index (χ1v) is 5.54. The number of hydrogen-bond donors (Lipinski definition) is 1. The van der Waals surface area contributed by atoms with Crippen molar-refractivity contribution in [1.82, 2.24) is 5.32 Å². The second kappa shape index (κ2) is 3.74. The number of nitrogens with one attached hydrogen (secondary N) is 1. The molecule has 76 valence electrons. The van der Waals surface area contributed by atoms with Gasteiger partial charge in [-0.15, -0.1) is 0 Å². The molecule has 1 aromatic rings. The van der Waals surface area contributed by atoms with Gasteiger partial charge in [0.1, 0.15) is 0 Å². The summed E-state index contributed by atoms with van der Waals surface area (Å²) < 4.78 is 0. The summed E-state index contributed by atoms with van der Waals surface area (Å²) >= 11 is 0. The normalized spacial score (nSPS) is 20.4. The fourth-order valence-corrected chi connectivity index (χ4v) is 2.10. The van der Waals surface area contributed by atoms with Crippen LogP contribution in [-0.4, -0.2) is 6.54 Å². The molecule has 1 heteroatoms. The highest BCUT2D eigenvalue weighted by molar-refractivity contribution is 5.23. The Morgan fingerprint density at radius 1 is 1.29 bits per heavy atom. The molecule has 0 aromatic heterocycles. The predicted molar refractivity (Wildman–Crippen MR) is 60.2 cm³/mol. The summed E-state index contributed by atoms with van der Waals surface area (Å²) in [6, 6.07) is 11.4. The van der Waals surface area contributed by atoms with E-state index in [0.29, 0.717) is 11.5 Å². The van der Waals surface area contributed by atoms with Crippen molar-refractivity contribution in [3.63, 3.8) is 0 Å². The molecule has 1 N–H and O–H groups in total. The van der Waals surface area contributed by atoms with Crippen LogP contribution in [0.4, 0.5) is 0 Å². The zero-order valence-corrected chi connectivity index (χ0v) is 9.09. The molecule has 1 unspecified atom stereocenters. The summed E-state index contributed by atoms with van der Waals surface area (Å²) in [7, 11) is 0. The monoisotopic (exact) mass is 189 g/mol. The van der Waals surface area contributed by atoms with Gasteiger partial charge in [-0.05, 0) is 30.4 Å². The highest BCUT2D eigenvalue weighted by Crippen LogP contribution is 2.54. The lowest BCUT2D eigenvalue weighted by Gasteiger charge is -2.24. The topological polar surface area (TPSA) is 12.0 Å². The summed E-state index contributed by atoms with van der Waals surface area (Å²) in [5, 5.41) is 3.60. The van der Waals surface area contributed by atoms with Crippen molar-refractivity contribution in [2.75, 3.05) is 6.54 Å². The van der Waals surface area contributed by atoms with E-state index in [-0.39, 0.29) is 0 Å². The summed E-state index contributed by atoms with van der Waals surface area (Å²) in [5.74, 6) is 0. The minimum absolute atomic E-state index is 0.511. The Hall–Kier alpha value is -0.820. The first-order chi connectivity index (χ1) is 6.76. The summed E-state index contributed by atoms with van der Waals surface area (Å²) in [6.07, 6.45) is 2.72. The molecule has 1 atom stereocenters. The fourth-order valence-electron chi connectivity index (χ4n) is 2.10. The Morgan fingerprint density at radius 3 is 2.43 bits per heavy atom. The Labute approximate surface area is 86.5 Å². The van der Waals surface area contributed by atoms with Crippen LogP contribution in [0, 0.1) is 5.41 Å². The molecule has 1 nitrogen and oxygen atoms in total. The van der Waals surface area contributed by atoms with Gasteiger partial charge in [-0.3, -0.25) is 0 Å². The van der Waals surface area contributed by atoms with E-state index in [1.807, 2.05) is 0 Å². The smallest absolute Gasteiger partial charge is 0.0374 e. The molecule has 1 aromatic carbocycles. The first-order valence-electron chi connectivity index (χ1n) is 5.54. The van der Waals surface area contributed by atoms with E-state index in [0.717, 1.165) is 6.54 Å². The van der Waals surface area contributed by atoms with Gasteiger partial charge < -0.3 is 5.32 Å². The molecule has 0 amide bonds. The van der Waals surface area contributed by atoms with Crippen molar-refractivity contribution >= 4 is 0 Å². The number of benzene rings is 1. The van der Waals surface area contributed by atoms with Crippen molar-refractivity contribution in [2.45, 2.75) is 32.7 Å². The Kier molecular flexibility index (Phi) is 2.60. The van der Waals surface area contributed by atoms with Crippen LogP contribution in [0.2, 0.25) is 0 Å². The van der Waals surface area contributed by atoms with Crippen LogP contribution in [0.25, 0.3) is 0 Å². The lowest BCUT2D eigenvalue weighted by molar-refractivity contribution is 0.373. The molecule has 14 heavy (non-hydrogen) atoms. The van der Waals surface area contributed by atoms with E-state index in [1.165, 1.54) is 18.4 Å².